The minimum atomic E-state index is 0.593. The van der Waals surface area contributed by atoms with Crippen LogP contribution in [0.15, 0.2) is 48.1 Å². The van der Waals surface area contributed by atoms with Crippen molar-refractivity contribution in [3.05, 3.63) is 53.7 Å². The number of benzene rings is 1. The van der Waals surface area contributed by atoms with Gasteiger partial charge in [0.25, 0.3) is 0 Å². The van der Waals surface area contributed by atoms with Gasteiger partial charge in [0.1, 0.15) is 3.72 Å². The van der Waals surface area contributed by atoms with E-state index in [1.54, 1.807) is 12.1 Å². The number of hydrogen-bond acceptors (Lipinski definition) is 2. The summed E-state index contributed by atoms with van der Waals surface area (Å²) in [4.78, 5) is 3.99. The molecule has 0 aliphatic carbocycles. The number of nitrogens with two attached hydrogens (primary N) is 1. The second-order valence-corrected chi connectivity index (χ2v) is 4.23. The Bertz CT molecular complexity index is 424. The molecule has 1 rings (SSSR count). The van der Waals surface area contributed by atoms with Crippen molar-refractivity contribution in [1.82, 2.24) is 0 Å². The van der Waals surface area contributed by atoms with Crippen LogP contribution in [0.1, 0.15) is 5.56 Å². The van der Waals surface area contributed by atoms with Crippen LogP contribution in [-0.4, -0.2) is 3.72 Å². The standard InChI is InChI=1S/C11H10ClIN2/c1-2-15-11(13)7-10(14)8-5-3-4-6-9(8)12/h2-7H,1,14H2/b10-7-,15-11?. The number of hydrogen-bond donors (Lipinski definition) is 1. The molecule has 0 radical (unpaired) electrons. The zero-order valence-corrected chi connectivity index (χ0v) is 10.9. The van der Waals surface area contributed by atoms with Crippen LogP contribution in [0, 0.1) is 0 Å². The fraction of sp³-hybridized carbons (Fsp3) is 0. The van der Waals surface area contributed by atoms with E-state index in [4.69, 9.17) is 17.3 Å². The maximum Gasteiger partial charge on any atom is 0.103 e. The molecule has 15 heavy (non-hydrogen) atoms. The molecule has 0 amide bonds. The lowest BCUT2D eigenvalue weighted by molar-refractivity contribution is 1.52. The largest absolute Gasteiger partial charge is 0.398 e. The van der Waals surface area contributed by atoms with Gasteiger partial charge < -0.3 is 5.73 Å². The van der Waals surface area contributed by atoms with Crippen LogP contribution < -0.4 is 5.73 Å². The molecule has 0 spiro atoms. The Kier molecular flexibility index (Phi) is 4.84. The maximum absolute atomic E-state index is 6.00. The summed E-state index contributed by atoms with van der Waals surface area (Å²) in [5.41, 5.74) is 7.29. The first-order chi connectivity index (χ1) is 7.15. The van der Waals surface area contributed by atoms with Crippen molar-refractivity contribution in [1.29, 1.82) is 0 Å². The first-order valence-corrected chi connectivity index (χ1v) is 5.67. The Balaban J connectivity index is 3.04. The molecule has 0 saturated carbocycles. The molecule has 0 bridgehead atoms. The number of nitrogens with zero attached hydrogens (tertiary/aromatic N) is 1. The van der Waals surface area contributed by atoms with E-state index in [0.717, 1.165) is 9.28 Å². The molecule has 0 aliphatic rings. The highest BCUT2D eigenvalue weighted by Gasteiger charge is 2.01. The highest BCUT2D eigenvalue weighted by molar-refractivity contribution is 14.1. The summed E-state index contributed by atoms with van der Waals surface area (Å²) in [7, 11) is 0. The molecule has 0 aliphatic heterocycles. The van der Waals surface area contributed by atoms with Crippen LogP contribution in [-0.2, 0) is 0 Å². The summed E-state index contributed by atoms with van der Waals surface area (Å²) in [6.07, 6.45) is 3.22. The van der Waals surface area contributed by atoms with Crippen molar-refractivity contribution in [2.24, 2.45) is 10.7 Å². The zero-order valence-electron chi connectivity index (χ0n) is 7.95. The van der Waals surface area contributed by atoms with Crippen LogP contribution >= 0.6 is 34.2 Å². The van der Waals surface area contributed by atoms with Crippen LogP contribution in [0.4, 0.5) is 0 Å². The maximum atomic E-state index is 6.00. The molecule has 0 saturated heterocycles. The Labute approximate surface area is 108 Å². The van der Waals surface area contributed by atoms with Crippen LogP contribution in [0.2, 0.25) is 5.02 Å². The van der Waals surface area contributed by atoms with Crippen molar-refractivity contribution < 1.29 is 0 Å². The molecule has 78 valence electrons. The van der Waals surface area contributed by atoms with Crippen molar-refractivity contribution in [3.8, 4) is 0 Å². The van der Waals surface area contributed by atoms with Crippen LogP contribution in [0.5, 0.6) is 0 Å². The molecule has 1 aromatic rings. The van der Waals surface area contributed by atoms with E-state index in [0.29, 0.717) is 10.7 Å². The average molecular weight is 333 g/mol. The molecule has 0 unspecified atom stereocenters. The van der Waals surface area contributed by atoms with Gasteiger partial charge in [-0.25, -0.2) is 0 Å². The van der Waals surface area contributed by atoms with Gasteiger partial charge in [-0.2, -0.15) is 0 Å². The monoisotopic (exact) mass is 332 g/mol. The Morgan fingerprint density at radius 1 is 1.47 bits per heavy atom. The third-order valence-corrected chi connectivity index (χ3v) is 2.59. The fourth-order valence-corrected chi connectivity index (χ4v) is 1.80. The number of halogens is 2. The van der Waals surface area contributed by atoms with Gasteiger partial charge in [0.2, 0.25) is 0 Å². The lowest BCUT2D eigenvalue weighted by atomic mass is 10.1. The summed E-state index contributed by atoms with van der Waals surface area (Å²) in [6, 6.07) is 7.42. The van der Waals surface area contributed by atoms with Crippen molar-refractivity contribution >= 4 is 43.6 Å². The third kappa shape index (κ3) is 3.68. The summed E-state index contributed by atoms with van der Waals surface area (Å²) in [5.74, 6) is 0. The van der Waals surface area contributed by atoms with Gasteiger partial charge in [-0.15, -0.1) is 0 Å². The molecule has 1 aromatic carbocycles. The van der Waals surface area contributed by atoms with Crippen molar-refractivity contribution in [2.45, 2.75) is 0 Å². The molecule has 2 nitrogen and oxygen atoms in total. The van der Waals surface area contributed by atoms with Gasteiger partial charge in [0.05, 0.1) is 0 Å². The smallest absolute Gasteiger partial charge is 0.103 e. The lowest BCUT2D eigenvalue weighted by Gasteiger charge is -2.03. The summed E-state index contributed by atoms with van der Waals surface area (Å²) < 4.78 is 0.764. The second kappa shape index (κ2) is 5.92. The van der Waals surface area contributed by atoms with Gasteiger partial charge in [0.15, 0.2) is 0 Å². The molecule has 0 heterocycles. The quantitative estimate of drug-likeness (QED) is 0.666. The summed E-state index contributed by atoms with van der Waals surface area (Å²) in [5, 5.41) is 0.633. The van der Waals surface area contributed by atoms with Gasteiger partial charge in [-0.05, 0) is 34.7 Å². The van der Waals surface area contributed by atoms with E-state index < -0.39 is 0 Å². The minimum Gasteiger partial charge on any atom is -0.398 e. The topological polar surface area (TPSA) is 38.4 Å². The lowest BCUT2D eigenvalue weighted by Crippen LogP contribution is -1.98. The Hall–Kier alpha value is -0.810. The second-order valence-electron chi connectivity index (χ2n) is 2.71. The van der Waals surface area contributed by atoms with Gasteiger partial charge in [-0.1, -0.05) is 36.4 Å². The zero-order chi connectivity index (χ0) is 11.3. The first-order valence-electron chi connectivity index (χ1n) is 4.21. The highest BCUT2D eigenvalue weighted by Crippen LogP contribution is 2.20. The van der Waals surface area contributed by atoms with Crippen molar-refractivity contribution in [2.75, 3.05) is 0 Å². The number of allylic oxidation sites excluding steroid dienone is 1. The normalized spacial score (nSPS) is 12.7. The van der Waals surface area contributed by atoms with Gasteiger partial charge >= 0.3 is 0 Å². The molecule has 0 aromatic heterocycles. The molecular weight excluding hydrogens is 322 g/mol. The summed E-state index contributed by atoms with van der Waals surface area (Å²) in [6.45, 7) is 3.51. The highest BCUT2D eigenvalue weighted by atomic mass is 127. The van der Waals surface area contributed by atoms with E-state index in [1.165, 1.54) is 6.20 Å². The van der Waals surface area contributed by atoms with E-state index in [-0.39, 0.29) is 0 Å². The Morgan fingerprint density at radius 3 is 2.73 bits per heavy atom. The summed E-state index contributed by atoms with van der Waals surface area (Å²) >= 11 is 8.07. The van der Waals surface area contributed by atoms with E-state index >= 15 is 0 Å². The molecule has 4 heteroatoms. The number of aliphatic imine (C=N–C) groups is 1. The molecule has 2 N–H and O–H groups in total. The minimum absolute atomic E-state index is 0.593. The van der Waals surface area contributed by atoms with E-state index in [9.17, 15) is 0 Å². The Morgan fingerprint density at radius 2 is 2.13 bits per heavy atom. The van der Waals surface area contributed by atoms with Gasteiger partial charge in [0, 0.05) is 22.5 Å². The van der Waals surface area contributed by atoms with Gasteiger partial charge in [-0.3, -0.25) is 4.99 Å². The van der Waals surface area contributed by atoms with E-state index in [2.05, 4.69) is 34.2 Å². The number of rotatable bonds is 3. The first kappa shape index (κ1) is 12.3. The predicted octanol–water partition coefficient (Wildman–Crippen LogP) is 3.62. The fourth-order valence-electron chi connectivity index (χ4n) is 1.03. The molecular formula is C11H10ClIN2. The van der Waals surface area contributed by atoms with Crippen molar-refractivity contribution in [3.63, 3.8) is 0 Å². The van der Waals surface area contributed by atoms with Crippen LogP contribution in [0.3, 0.4) is 0 Å². The molecule has 0 fully saturated rings. The average Bonchev–Trinajstić information content (AvgIpc) is 2.18. The molecule has 0 atom stereocenters. The third-order valence-electron chi connectivity index (χ3n) is 1.67. The van der Waals surface area contributed by atoms with E-state index in [1.807, 2.05) is 18.2 Å². The predicted molar refractivity (Wildman–Crippen MR) is 75.3 cm³/mol. The van der Waals surface area contributed by atoms with Crippen LogP contribution in [0.25, 0.3) is 5.70 Å². The SMILES string of the molecule is C=CN=C(I)/C=C(\N)c1ccccc1Cl.